The molecule has 0 aromatic rings. The fourth-order valence-electron chi connectivity index (χ4n) is 1.91. The fraction of sp³-hybridized carbons (Fsp3) is 0.857. The summed E-state index contributed by atoms with van der Waals surface area (Å²) in [7, 11) is 0. The summed E-state index contributed by atoms with van der Waals surface area (Å²) in [6, 6.07) is 0. The first-order chi connectivity index (χ1) is 3.45. The molecule has 0 aromatic heterocycles. The third-order valence-corrected chi connectivity index (χ3v) is 2.36. The predicted molar refractivity (Wildman–Crippen MR) is 29.7 cm³/mol. The van der Waals surface area contributed by atoms with Gasteiger partial charge < -0.3 is 6.42 Å². The number of fused-ring (bicyclic) bond motifs is 2. The Balaban J connectivity index is 0.000000320. The molecule has 2 bridgehead atoms. The largest absolute Gasteiger partial charge is 1.00 e. The molecule has 2 aliphatic carbocycles. The van der Waals surface area contributed by atoms with Crippen LogP contribution in [0.5, 0.6) is 0 Å². The molecule has 2 aliphatic rings. The molecular formula is C7H11Li. The van der Waals surface area contributed by atoms with Crippen LogP contribution in [-0.4, -0.2) is 0 Å². The molecule has 8 heavy (non-hydrogen) atoms. The smallest absolute Gasteiger partial charge is 0.322 e. The minimum Gasteiger partial charge on any atom is -0.322 e. The van der Waals surface area contributed by atoms with E-state index in [1.807, 2.05) is 0 Å². The molecule has 2 rings (SSSR count). The molecule has 0 spiro atoms. The van der Waals surface area contributed by atoms with Gasteiger partial charge in [0.1, 0.15) is 0 Å². The summed E-state index contributed by atoms with van der Waals surface area (Å²) in [6.07, 6.45) is 8.57. The van der Waals surface area contributed by atoms with Gasteiger partial charge in [-0.15, -0.1) is 0 Å². The Kier molecular flexibility index (Phi) is 2.06. The van der Waals surface area contributed by atoms with E-state index in [4.69, 9.17) is 0 Å². The van der Waals surface area contributed by atoms with Crippen LogP contribution in [0.15, 0.2) is 0 Å². The van der Waals surface area contributed by atoms with Crippen molar-refractivity contribution in [1.29, 1.82) is 0 Å². The second kappa shape index (κ2) is 2.46. The van der Waals surface area contributed by atoms with Crippen LogP contribution in [0.25, 0.3) is 0 Å². The maximum absolute atomic E-state index is 2.56. The van der Waals surface area contributed by atoms with Crippen molar-refractivity contribution in [2.45, 2.75) is 25.7 Å². The van der Waals surface area contributed by atoms with E-state index in [9.17, 15) is 0 Å². The van der Waals surface area contributed by atoms with E-state index in [-0.39, 0.29) is 18.9 Å². The topological polar surface area (TPSA) is 0 Å². The molecule has 0 amide bonds. The van der Waals surface area contributed by atoms with E-state index in [2.05, 4.69) is 6.42 Å². The average Bonchev–Trinajstić information content (AvgIpc) is 2.22. The molecule has 0 radical (unpaired) electrons. The zero-order valence-corrected chi connectivity index (χ0v) is 5.56. The van der Waals surface area contributed by atoms with Crippen LogP contribution >= 0.6 is 0 Å². The SMILES string of the molecule is [CH-]1C2CCC1CC2.[Li+]. The summed E-state index contributed by atoms with van der Waals surface area (Å²) in [5, 5.41) is 0. The van der Waals surface area contributed by atoms with Gasteiger partial charge >= 0.3 is 18.9 Å². The van der Waals surface area contributed by atoms with Gasteiger partial charge in [-0.05, 0) is 0 Å². The molecule has 0 unspecified atom stereocenters. The van der Waals surface area contributed by atoms with Gasteiger partial charge in [-0.1, -0.05) is 25.7 Å². The van der Waals surface area contributed by atoms with Crippen molar-refractivity contribution in [3.8, 4) is 0 Å². The van der Waals surface area contributed by atoms with Gasteiger partial charge in [0, 0.05) is 0 Å². The molecule has 0 nitrogen and oxygen atoms in total. The standard InChI is InChI=1S/C7H11.Li/c1-2-7-4-3-6(1)5-7;/h5-7H,1-4H2;/q-1;+1. The van der Waals surface area contributed by atoms with Crippen molar-refractivity contribution in [2.24, 2.45) is 11.8 Å². The fourth-order valence-corrected chi connectivity index (χ4v) is 1.91. The van der Waals surface area contributed by atoms with Gasteiger partial charge in [0.25, 0.3) is 0 Å². The Morgan fingerprint density at radius 3 is 1.38 bits per heavy atom. The molecule has 0 atom stereocenters. The minimum absolute atomic E-state index is 0. The van der Waals surface area contributed by atoms with E-state index in [1.165, 1.54) is 25.7 Å². The van der Waals surface area contributed by atoms with Crippen molar-refractivity contribution in [1.82, 2.24) is 0 Å². The summed E-state index contributed by atoms with van der Waals surface area (Å²) < 4.78 is 0. The van der Waals surface area contributed by atoms with E-state index >= 15 is 0 Å². The molecule has 0 saturated heterocycles. The van der Waals surface area contributed by atoms with Crippen LogP contribution in [0.4, 0.5) is 0 Å². The Hall–Kier alpha value is 0.597. The van der Waals surface area contributed by atoms with Crippen molar-refractivity contribution >= 4 is 0 Å². The Labute approximate surface area is 63.2 Å². The predicted octanol–water partition coefficient (Wildman–Crippen LogP) is -0.985. The van der Waals surface area contributed by atoms with E-state index in [0.29, 0.717) is 0 Å². The van der Waals surface area contributed by atoms with Crippen LogP contribution in [-0.2, 0) is 0 Å². The molecule has 0 N–H and O–H groups in total. The number of hydrogen-bond acceptors (Lipinski definition) is 0. The second-order valence-electron chi connectivity index (χ2n) is 2.87. The zero-order chi connectivity index (χ0) is 4.69. The summed E-state index contributed by atoms with van der Waals surface area (Å²) >= 11 is 0. The van der Waals surface area contributed by atoms with Crippen LogP contribution < -0.4 is 18.9 Å². The Morgan fingerprint density at radius 1 is 0.875 bits per heavy atom. The van der Waals surface area contributed by atoms with Gasteiger partial charge in [0.15, 0.2) is 0 Å². The summed E-state index contributed by atoms with van der Waals surface area (Å²) in [6.45, 7) is 0. The second-order valence-corrected chi connectivity index (χ2v) is 2.87. The third kappa shape index (κ3) is 0.970. The van der Waals surface area contributed by atoms with E-state index in [0.717, 1.165) is 11.8 Å². The first-order valence-electron chi connectivity index (χ1n) is 3.30. The molecule has 0 heterocycles. The van der Waals surface area contributed by atoms with Crippen LogP contribution in [0.3, 0.4) is 0 Å². The van der Waals surface area contributed by atoms with Crippen molar-refractivity contribution in [3.63, 3.8) is 0 Å². The Bertz CT molecular complexity index is 62.5. The summed E-state index contributed by atoms with van der Waals surface area (Å²) in [4.78, 5) is 0. The summed E-state index contributed by atoms with van der Waals surface area (Å²) in [5.74, 6) is 2.09. The zero-order valence-electron chi connectivity index (χ0n) is 5.56. The first-order valence-corrected chi connectivity index (χ1v) is 3.30. The molecule has 2 saturated carbocycles. The summed E-state index contributed by atoms with van der Waals surface area (Å²) in [5.41, 5.74) is 0. The average molecular weight is 102 g/mol. The van der Waals surface area contributed by atoms with Gasteiger partial charge in [0.2, 0.25) is 0 Å². The van der Waals surface area contributed by atoms with Crippen LogP contribution in [0.1, 0.15) is 25.7 Å². The molecular weight excluding hydrogens is 91.0 g/mol. The number of hydrogen-bond donors (Lipinski definition) is 0. The maximum Gasteiger partial charge on any atom is 1.00 e. The molecule has 0 aliphatic heterocycles. The molecule has 0 aromatic carbocycles. The molecule has 40 valence electrons. The molecule has 2 fully saturated rings. The van der Waals surface area contributed by atoms with Crippen molar-refractivity contribution in [2.75, 3.05) is 0 Å². The quantitative estimate of drug-likeness (QED) is 0.272. The molecule has 1 heteroatoms. The van der Waals surface area contributed by atoms with Gasteiger partial charge in [0.05, 0.1) is 0 Å². The maximum atomic E-state index is 2.56. The monoisotopic (exact) mass is 102 g/mol. The third-order valence-electron chi connectivity index (χ3n) is 2.36. The van der Waals surface area contributed by atoms with Gasteiger partial charge in [-0.2, -0.15) is 11.8 Å². The van der Waals surface area contributed by atoms with Crippen molar-refractivity contribution < 1.29 is 18.9 Å². The van der Waals surface area contributed by atoms with Crippen LogP contribution in [0, 0.1) is 18.3 Å². The van der Waals surface area contributed by atoms with E-state index < -0.39 is 0 Å². The van der Waals surface area contributed by atoms with E-state index in [1.54, 1.807) is 0 Å². The number of rotatable bonds is 0. The van der Waals surface area contributed by atoms with Gasteiger partial charge in [-0.3, -0.25) is 0 Å². The Morgan fingerprint density at radius 2 is 1.25 bits per heavy atom. The normalized spacial score (nSPS) is 42.0. The minimum atomic E-state index is 0. The first kappa shape index (κ1) is 6.71. The van der Waals surface area contributed by atoms with Crippen LogP contribution in [0.2, 0.25) is 0 Å². The van der Waals surface area contributed by atoms with Crippen molar-refractivity contribution in [3.05, 3.63) is 6.42 Å². The van der Waals surface area contributed by atoms with Gasteiger partial charge in [-0.25, -0.2) is 0 Å².